The SMILES string of the molecule is Cc1cc(-c2ccccc2)ccc1N(c1ccc2c(c1)C(C)(C)c1ccccc1-2)c1ccc2c(oc3ccccc32)c1N=O. The third-order valence-corrected chi connectivity index (χ3v) is 9.20. The second kappa shape index (κ2) is 9.78. The Balaban J connectivity index is 1.37. The molecule has 0 amide bonds. The molecule has 4 heteroatoms. The Kier molecular flexibility index (Phi) is 5.82. The number of hydrogen-bond donors (Lipinski definition) is 0. The molecule has 0 unspecified atom stereocenters. The maximum Gasteiger partial charge on any atom is 0.175 e. The summed E-state index contributed by atoms with van der Waals surface area (Å²) in [6, 6.07) is 44.1. The van der Waals surface area contributed by atoms with Gasteiger partial charge in [0.2, 0.25) is 0 Å². The van der Waals surface area contributed by atoms with Crippen molar-refractivity contribution in [2.45, 2.75) is 26.2 Å². The minimum Gasteiger partial charge on any atom is -0.454 e. The van der Waals surface area contributed by atoms with E-state index in [1.807, 2.05) is 42.5 Å². The Hall–Kier alpha value is -5.48. The Bertz CT molecular complexity index is 2240. The second-order valence-electron chi connectivity index (χ2n) is 12.1. The number of aryl methyl sites for hydroxylation is 1. The van der Waals surface area contributed by atoms with E-state index >= 15 is 0 Å². The van der Waals surface area contributed by atoms with Gasteiger partial charge in [-0.05, 0) is 93.5 Å². The van der Waals surface area contributed by atoms with Gasteiger partial charge in [0, 0.05) is 27.6 Å². The Morgan fingerprint density at radius 1 is 0.636 bits per heavy atom. The molecule has 8 rings (SSSR count). The van der Waals surface area contributed by atoms with Crippen molar-refractivity contribution < 1.29 is 4.42 Å². The number of anilines is 3. The van der Waals surface area contributed by atoms with E-state index in [0.29, 0.717) is 11.3 Å². The van der Waals surface area contributed by atoms with Crippen molar-refractivity contribution in [1.29, 1.82) is 0 Å². The van der Waals surface area contributed by atoms with E-state index in [-0.39, 0.29) is 11.1 Å². The van der Waals surface area contributed by atoms with Crippen molar-refractivity contribution in [3.63, 3.8) is 0 Å². The Morgan fingerprint density at radius 3 is 2.18 bits per heavy atom. The average Bonchev–Trinajstić information content (AvgIpc) is 3.54. The first-order valence-corrected chi connectivity index (χ1v) is 14.9. The fraction of sp³-hybridized carbons (Fsp3) is 0.100. The number of furan rings is 1. The van der Waals surface area contributed by atoms with Gasteiger partial charge in [0.1, 0.15) is 5.58 Å². The maximum absolute atomic E-state index is 12.7. The molecule has 0 saturated carbocycles. The number of benzene rings is 6. The third-order valence-electron chi connectivity index (χ3n) is 9.20. The molecule has 6 aromatic carbocycles. The van der Waals surface area contributed by atoms with Crippen LogP contribution in [0.5, 0.6) is 0 Å². The van der Waals surface area contributed by atoms with Crippen LogP contribution in [0.2, 0.25) is 0 Å². The van der Waals surface area contributed by atoms with E-state index in [0.717, 1.165) is 44.4 Å². The lowest BCUT2D eigenvalue weighted by molar-refractivity contribution is 0.660. The maximum atomic E-state index is 12.7. The van der Waals surface area contributed by atoms with Gasteiger partial charge in [-0.1, -0.05) is 98.8 Å². The highest BCUT2D eigenvalue weighted by Crippen LogP contribution is 2.52. The van der Waals surface area contributed by atoms with Crippen LogP contribution < -0.4 is 4.90 Å². The molecule has 0 spiro atoms. The van der Waals surface area contributed by atoms with Crippen LogP contribution in [0.4, 0.5) is 22.7 Å². The fourth-order valence-corrected chi connectivity index (χ4v) is 6.99. The predicted octanol–water partition coefficient (Wildman–Crippen LogP) is 11.7. The highest BCUT2D eigenvalue weighted by Gasteiger charge is 2.36. The van der Waals surface area contributed by atoms with E-state index in [4.69, 9.17) is 4.42 Å². The standard InChI is InChI=1S/C40H30N2O2/c1-25-23-27(26-11-5-4-6-12-26)17-21-35(25)42(28-18-19-30-29-13-7-9-15-33(29)40(2,3)34(30)24-28)36-22-20-32-31-14-8-10-16-37(31)44-39(32)38(36)41-43/h4-24H,1-3H3. The zero-order valence-corrected chi connectivity index (χ0v) is 24.8. The molecule has 0 radical (unpaired) electrons. The third kappa shape index (κ3) is 3.84. The molecular weight excluding hydrogens is 540 g/mol. The summed E-state index contributed by atoms with van der Waals surface area (Å²) in [6.45, 7) is 6.69. The number of nitrogens with zero attached hydrogens (tertiary/aromatic N) is 2. The van der Waals surface area contributed by atoms with Gasteiger partial charge in [0.05, 0.1) is 5.69 Å². The molecule has 0 bridgehead atoms. The van der Waals surface area contributed by atoms with Gasteiger partial charge in [-0.25, -0.2) is 0 Å². The molecule has 212 valence electrons. The molecule has 1 heterocycles. The van der Waals surface area contributed by atoms with Gasteiger partial charge < -0.3 is 9.32 Å². The van der Waals surface area contributed by atoms with Gasteiger partial charge in [-0.3, -0.25) is 0 Å². The van der Waals surface area contributed by atoms with Crippen molar-refractivity contribution in [3.8, 4) is 22.3 Å². The first-order valence-electron chi connectivity index (χ1n) is 14.9. The average molecular weight is 571 g/mol. The van der Waals surface area contributed by atoms with Crippen molar-refractivity contribution in [3.05, 3.63) is 149 Å². The molecule has 4 nitrogen and oxygen atoms in total. The first kappa shape index (κ1) is 26.2. The van der Waals surface area contributed by atoms with Crippen LogP contribution in [0.15, 0.2) is 137 Å². The van der Waals surface area contributed by atoms with E-state index < -0.39 is 0 Å². The van der Waals surface area contributed by atoms with E-state index in [9.17, 15) is 4.91 Å². The number of fused-ring (bicyclic) bond motifs is 6. The van der Waals surface area contributed by atoms with Crippen LogP contribution >= 0.6 is 0 Å². The summed E-state index contributed by atoms with van der Waals surface area (Å²) in [4.78, 5) is 14.9. The molecule has 7 aromatic rings. The number of nitroso groups, excluding NO2 is 1. The van der Waals surface area contributed by atoms with Crippen LogP contribution in [0.1, 0.15) is 30.5 Å². The summed E-state index contributed by atoms with van der Waals surface area (Å²) in [5, 5.41) is 5.45. The Morgan fingerprint density at radius 2 is 1.36 bits per heavy atom. The van der Waals surface area contributed by atoms with Crippen LogP contribution in [-0.2, 0) is 5.41 Å². The summed E-state index contributed by atoms with van der Waals surface area (Å²) in [6.07, 6.45) is 0. The van der Waals surface area contributed by atoms with Gasteiger partial charge >= 0.3 is 0 Å². The van der Waals surface area contributed by atoms with E-state index in [1.165, 1.54) is 22.3 Å². The molecule has 0 atom stereocenters. The van der Waals surface area contributed by atoms with Crippen molar-refractivity contribution in [2.24, 2.45) is 5.18 Å². The van der Waals surface area contributed by atoms with Gasteiger partial charge in [-0.15, -0.1) is 4.91 Å². The minimum atomic E-state index is -0.172. The highest BCUT2D eigenvalue weighted by atomic mass is 16.3. The highest BCUT2D eigenvalue weighted by molar-refractivity contribution is 6.11. The predicted molar refractivity (Wildman–Crippen MR) is 182 cm³/mol. The van der Waals surface area contributed by atoms with Crippen LogP contribution in [0.3, 0.4) is 0 Å². The number of rotatable bonds is 5. The smallest absolute Gasteiger partial charge is 0.175 e. The summed E-state index contributed by atoms with van der Waals surface area (Å²) < 4.78 is 6.27. The fourth-order valence-electron chi connectivity index (χ4n) is 6.99. The van der Waals surface area contributed by atoms with Crippen LogP contribution in [0.25, 0.3) is 44.2 Å². The first-order chi connectivity index (χ1) is 21.5. The van der Waals surface area contributed by atoms with Gasteiger partial charge in [0.15, 0.2) is 11.3 Å². The molecular formula is C40H30N2O2. The van der Waals surface area contributed by atoms with Crippen molar-refractivity contribution >= 4 is 44.7 Å². The summed E-state index contributed by atoms with van der Waals surface area (Å²) >= 11 is 0. The van der Waals surface area contributed by atoms with Crippen LogP contribution in [0, 0.1) is 11.8 Å². The topological polar surface area (TPSA) is 45.8 Å². The number of para-hydroxylation sites is 1. The Labute approximate surface area is 256 Å². The van der Waals surface area contributed by atoms with Crippen molar-refractivity contribution in [1.82, 2.24) is 0 Å². The molecule has 1 aromatic heterocycles. The lowest BCUT2D eigenvalue weighted by atomic mass is 9.82. The molecule has 0 N–H and O–H groups in total. The zero-order valence-electron chi connectivity index (χ0n) is 24.8. The molecule has 0 saturated heterocycles. The van der Waals surface area contributed by atoms with Gasteiger partial charge in [-0.2, -0.15) is 0 Å². The minimum absolute atomic E-state index is 0.172. The summed E-state index contributed by atoms with van der Waals surface area (Å²) in [5.41, 5.74) is 12.4. The lowest BCUT2D eigenvalue weighted by Gasteiger charge is -2.30. The zero-order chi connectivity index (χ0) is 30.0. The molecule has 1 aliphatic carbocycles. The van der Waals surface area contributed by atoms with E-state index in [2.05, 4.69) is 116 Å². The number of hydrogen-bond acceptors (Lipinski definition) is 4. The molecule has 0 fully saturated rings. The van der Waals surface area contributed by atoms with Crippen LogP contribution in [-0.4, -0.2) is 0 Å². The van der Waals surface area contributed by atoms with E-state index in [1.54, 1.807) is 0 Å². The monoisotopic (exact) mass is 570 g/mol. The molecule has 44 heavy (non-hydrogen) atoms. The normalized spacial score (nSPS) is 13.2. The molecule has 0 aliphatic heterocycles. The van der Waals surface area contributed by atoms with Crippen molar-refractivity contribution in [2.75, 3.05) is 4.90 Å². The summed E-state index contributed by atoms with van der Waals surface area (Å²) in [7, 11) is 0. The summed E-state index contributed by atoms with van der Waals surface area (Å²) in [5.74, 6) is 0. The largest absolute Gasteiger partial charge is 0.454 e. The quantitative estimate of drug-likeness (QED) is 0.193. The second-order valence-corrected chi connectivity index (χ2v) is 12.1. The lowest BCUT2D eigenvalue weighted by Crippen LogP contribution is -2.17. The van der Waals surface area contributed by atoms with Gasteiger partial charge in [0.25, 0.3) is 0 Å². The molecule has 1 aliphatic rings.